The summed E-state index contributed by atoms with van der Waals surface area (Å²) >= 11 is 0. The summed E-state index contributed by atoms with van der Waals surface area (Å²) in [4.78, 5) is 4.57. The second-order valence-corrected chi connectivity index (χ2v) is 5.12. The Bertz CT molecular complexity index is 551. The van der Waals surface area contributed by atoms with Crippen molar-refractivity contribution in [1.29, 1.82) is 0 Å². The second kappa shape index (κ2) is 4.58. The van der Waals surface area contributed by atoms with Crippen LogP contribution in [0.2, 0.25) is 0 Å². The molecular formula is C15H19N3. The second-order valence-electron chi connectivity index (χ2n) is 5.12. The van der Waals surface area contributed by atoms with E-state index < -0.39 is 0 Å². The molecule has 1 N–H and O–H groups in total. The average Bonchev–Trinajstić information content (AvgIpc) is 3.00. The minimum Gasteiger partial charge on any atom is -0.327 e. The number of aromatic nitrogens is 2. The van der Waals surface area contributed by atoms with Gasteiger partial charge in [0, 0.05) is 30.5 Å². The fourth-order valence-corrected chi connectivity index (χ4v) is 2.67. The monoisotopic (exact) mass is 241 g/mol. The molecule has 2 heterocycles. The lowest BCUT2D eigenvalue weighted by atomic mass is 10.0. The molecule has 0 aliphatic carbocycles. The lowest BCUT2D eigenvalue weighted by Gasteiger charge is -2.15. The van der Waals surface area contributed by atoms with Crippen molar-refractivity contribution in [3.05, 3.63) is 41.7 Å². The number of hydrogen-bond acceptors (Lipinski definition) is 2. The first kappa shape index (κ1) is 11.5. The van der Waals surface area contributed by atoms with E-state index in [0.717, 1.165) is 18.9 Å². The van der Waals surface area contributed by atoms with Gasteiger partial charge >= 0.3 is 0 Å². The normalized spacial score (nSPS) is 19.3. The maximum absolute atomic E-state index is 4.57. The molecule has 1 aliphatic rings. The third-order valence-electron chi connectivity index (χ3n) is 3.73. The van der Waals surface area contributed by atoms with Crippen molar-refractivity contribution in [2.24, 2.45) is 0 Å². The number of aryl methyl sites for hydroxylation is 2. The molecule has 0 saturated carbocycles. The molecular weight excluding hydrogens is 222 g/mol. The van der Waals surface area contributed by atoms with Crippen LogP contribution in [0.25, 0.3) is 11.4 Å². The zero-order valence-electron chi connectivity index (χ0n) is 11.0. The molecule has 0 spiro atoms. The van der Waals surface area contributed by atoms with Crippen LogP contribution in [0.15, 0.2) is 30.6 Å². The van der Waals surface area contributed by atoms with Crippen LogP contribution in [0.4, 0.5) is 0 Å². The Kier molecular flexibility index (Phi) is 2.92. The van der Waals surface area contributed by atoms with E-state index in [-0.39, 0.29) is 0 Å². The Morgan fingerprint density at radius 2 is 2.22 bits per heavy atom. The SMILES string of the molecule is Cc1ccc(C)c(-c2nccn2[C@H]2CCNC2)c1. The zero-order chi connectivity index (χ0) is 12.5. The fourth-order valence-electron chi connectivity index (χ4n) is 2.67. The third kappa shape index (κ3) is 1.95. The predicted molar refractivity (Wildman–Crippen MR) is 73.7 cm³/mol. The average molecular weight is 241 g/mol. The van der Waals surface area contributed by atoms with Gasteiger partial charge in [-0.2, -0.15) is 0 Å². The van der Waals surface area contributed by atoms with Gasteiger partial charge in [-0.1, -0.05) is 17.7 Å². The summed E-state index contributed by atoms with van der Waals surface area (Å²) in [5.74, 6) is 1.10. The topological polar surface area (TPSA) is 29.9 Å². The van der Waals surface area contributed by atoms with Gasteiger partial charge in [-0.15, -0.1) is 0 Å². The number of rotatable bonds is 2. The molecule has 3 nitrogen and oxygen atoms in total. The first-order valence-corrected chi connectivity index (χ1v) is 6.57. The van der Waals surface area contributed by atoms with Crippen molar-refractivity contribution in [3.63, 3.8) is 0 Å². The number of benzene rings is 1. The molecule has 1 aromatic carbocycles. The lowest BCUT2D eigenvalue weighted by molar-refractivity contribution is 0.552. The minimum absolute atomic E-state index is 0.544. The largest absolute Gasteiger partial charge is 0.327 e. The quantitative estimate of drug-likeness (QED) is 0.876. The first-order chi connectivity index (χ1) is 8.75. The molecule has 1 aliphatic heterocycles. The molecule has 1 aromatic heterocycles. The van der Waals surface area contributed by atoms with E-state index in [4.69, 9.17) is 0 Å². The molecule has 0 amide bonds. The molecule has 18 heavy (non-hydrogen) atoms. The summed E-state index contributed by atoms with van der Waals surface area (Å²) in [5, 5.41) is 3.42. The van der Waals surface area contributed by atoms with Crippen LogP contribution in [-0.2, 0) is 0 Å². The van der Waals surface area contributed by atoms with Crippen molar-refractivity contribution in [3.8, 4) is 11.4 Å². The van der Waals surface area contributed by atoms with Gasteiger partial charge < -0.3 is 9.88 Å². The van der Waals surface area contributed by atoms with Gasteiger partial charge in [0.1, 0.15) is 5.82 Å². The van der Waals surface area contributed by atoms with Crippen LogP contribution in [0.3, 0.4) is 0 Å². The fraction of sp³-hybridized carbons (Fsp3) is 0.400. The Balaban J connectivity index is 2.06. The van der Waals surface area contributed by atoms with E-state index in [2.05, 4.69) is 53.1 Å². The van der Waals surface area contributed by atoms with Gasteiger partial charge in [0.25, 0.3) is 0 Å². The molecule has 94 valence electrons. The standard InChI is InChI=1S/C15H19N3/c1-11-3-4-12(2)14(9-11)15-17-7-8-18(15)13-5-6-16-10-13/h3-4,7-9,13,16H,5-6,10H2,1-2H3/t13-/m0/s1. The minimum atomic E-state index is 0.544. The highest BCUT2D eigenvalue weighted by molar-refractivity contribution is 5.61. The summed E-state index contributed by atoms with van der Waals surface area (Å²) in [5.41, 5.74) is 3.83. The third-order valence-corrected chi connectivity index (χ3v) is 3.73. The van der Waals surface area contributed by atoms with E-state index in [1.807, 2.05) is 6.20 Å². The number of hydrogen-bond donors (Lipinski definition) is 1. The molecule has 1 fully saturated rings. The predicted octanol–water partition coefficient (Wildman–Crippen LogP) is 2.70. The van der Waals surface area contributed by atoms with Crippen LogP contribution < -0.4 is 5.32 Å². The lowest BCUT2D eigenvalue weighted by Crippen LogP contribution is -2.13. The van der Waals surface area contributed by atoms with Crippen LogP contribution in [0.5, 0.6) is 0 Å². The van der Waals surface area contributed by atoms with Crippen molar-refractivity contribution in [2.75, 3.05) is 13.1 Å². The molecule has 3 rings (SSSR count). The van der Waals surface area contributed by atoms with Gasteiger partial charge in [-0.3, -0.25) is 0 Å². The molecule has 2 aromatic rings. The summed E-state index contributed by atoms with van der Waals surface area (Å²) in [6, 6.07) is 7.11. The van der Waals surface area contributed by atoms with Crippen molar-refractivity contribution >= 4 is 0 Å². The molecule has 3 heteroatoms. The van der Waals surface area contributed by atoms with E-state index in [1.165, 1.54) is 23.1 Å². The van der Waals surface area contributed by atoms with E-state index in [0.29, 0.717) is 6.04 Å². The smallest absolute Gasteiger partial charge is 0.140 e. The van der Waals surface area contributed by atoms with Crippen molar-refractivity contribution < 1.29 is 0 Å². The first-order valence-electron chi connectivity index (χ1n) is 6.57. The summed E-state index contributed by atoms with van der Waals surface area (Å²) in [6.07, 6.45) is 5.21. The summed E-state index contributed by atoms with van der Waals surface area (Å²) < 4.78 is 2.32. The van der Waals surface area contributed by atoms with Gasteiger partial charge in [-0.25, -0.2) is 4.98 Å². The highest BCUT2D eigenvalue weighted by Gasteiger charge is 2.20. The van der Waals surface area contributed by atoms with Gasteiger partial charge in [-0.05, 0) is 38.4 Å². The maximum Gasteiger partial charge on any atom is 0.140 e. The van der Waals surface area contributed by atoms with Crippen molar-refractivity contribution in [2.45, 2.75) is 26.3 Å². The van der Waals surface area contributed by atoms with Crippen molar-refractivity contribution in [1.82, 2.24) is 14.9 Å². The summed E-state index contributed by atoms with van der Waals surface area (Å²) in [6.45, 7) is 6.44. The van der Waals surface area contributed by atoms with Gasteiger partial charge in [0.05, 0.1) is 0 Å². The van der Waals surface area contributed by atoms with Gasteiger partial charge in [0.15, 0.2) is 0 Å². The van der Waals surface area contributed by atoms with Gasteiger partial charge in [0.2, 0.25) is 0 Å². The number of imidazole rings is 1. The Hall–Kier alpha value is -1.61. The van der Waals surface area contributed by atoms with Crippen LogP contribution in [0, 0.1) is 13.8 Å². The Labute approximate surface area is 108 Å². The highest BCUT2D eigenvalue weighted by Crippen LogP contribution is 2.27. The number of nitrogens with zero attached hydrogens (tertiary/aromatic N) is 2. The van der Waals surface area contributed by atoms with E-state index in [1.54, 1.807) is 0 Å². The van der Waals surface area contributed by atoms with E-state index >= 15 is 0 Å². The van der Waals surface area contributed by atoms with Crippen LogP contribution in [-0.4, -0.2) is 22.6 Å². The Morgan fingerprint density at radius 3 is 3.00 bits per heavy atom. The summed E-state index contributed by atoms with van der Waals surface area (Å²) in [7, 11) is 0. The number of nitrogens with one attached hydrogen (secondary N) is 1. The highest BCUT2D eigenvalue weighted by atomic mass is 15.1. The molecule has 0 unspecified atom stereocenters. The zero-order valence-corrected chi connectivity index (χ0v) is 11.0. The molecule has 1 atom stereocenters. The van der Waals surface area contributed by atoms with E-state index in [9.17, 15) is 0 Å². The molecule has 1 saturated heterocycles. The maximum atomic E-state index is 4.57. The van der Waals surface area contributed by atoms with Crippen LogP contribution in [0.1, 0.15) is 23.6 Å². The molecule has 0 bridgehead atoms. The molecule has 0 radical (unpaired) electrons. The van der Waals surface area contributed by atoms with Crippen LogP contribution >= 0.6 is 0 Å². The Morgan fingerprint density at radius 1 is 1.33 bits per heavy atom.